The molecule has 0 unspecified atom stereocenters. The van der Waals surface area contributed by atoms with E-state index in [0.29, 0.717) is 47.6 Å². The van der Waals surface area contributed by atoms with E-state index in [1.54, 1.807) is 38.1 Å². The zero-order valence-electron chi connectivity index (χ0n) is 19.4. The van der Waals surface area contributed by atoms with Crippen molar-refractivity contribution in [2.45, 2.75) is 6.92 Å². The molecule has 11 nitrogen and oxygen atoms in total. The number of carbonyl (C=O) groups is 1. The summed E-state index contributed by atoms with van der Waals surface area (Å²) in [5, 5.41) is 23.1. The summed E-state index contributed by atoms with van der Waals surface area (Å²) >= 11 is 0. The molecule has 3 aromatic heterocycles. The average Bonchev–Trinajstić information content (AvgIpc) is 3.47. The van der Waals surface area contributed by atoms with Crippen molar-refractivity contribution in [1.82, 2.24) is 35.1 Å². The van der Waals surface area contributed by atoms with Crippen LogP contribution in [0.25, 0.3) is 17.1 Å². The Kier molecular flexibility index (Phi) is 6.72. The quantitative estimate of drug-likeness (QED) is 0.363. The number of hydrogen-bond acceptors (Lipinski definition) is 8. The second-order valence-electron chi connectivity index (χ2n) is 7.47. The number of nitrogens with one attached hydrogen (secondary N) is 2. The van der Waals surface area contributed by atoms with Gasteiger partial charge in [0.15, 0.2) is 5.82 Å². The monoisotopic (exact) mass is 462 g/mol. The second-order valence-corrected chi connectivity index (χ2v) is 7.47. The number of anilines is 1. The van der Waals surface area contributed by atoms with E-state index in [4.69, 9.17) is 9.47 Å². The van der Waals surface area contributed by atoms with Gasteiger partial charge in [-0.15, -0.1) is 10.2 Å². The van der Waals surface area contributed by atoms with Crippen molar-refractivity contribution in [2.75, 3.05) is 32.6 Å². The molecule has 176 valence electrons. The van der Waals surface area contributed by atoms with E-state index in [0.717, 1.165) is 11.3 Å². The standard InChI is InChI=1S/C23H26N8O3/c1-15-9-12-31(28-15)22-8-7-21(26-27-22)24-10-11-25-23(32)19-14-18(29-30(19)2)17-13-16(33-3)5-6-20(17)34-4/h5-9,12-14H,10-11H2,1-4H3,(H,24,26)(H,25,32). The van der Waals surface area contributed by atoms with E-state index in [2.05, 4.69) is 31.0 Å². The Hall–Kier alpha value is -4.41. The van der Waals surface area contributed by atoms with E-state index in [1.165, 1.54) is 4.68 Å². The highest BCUT2D eigenvalue weighted by molar-refractivity contribution is 5.94. The summed E-state index contributed by atoms with van der Waals surface area (Å²) in [5.74, 6) is 2.32. The number of benzene rings is 1. The van der Waals surface area contributed by atoms with Crippen LogP contribution in [0.5, 0.6) is 11.5 Å². The van der Waals surface area contributed by atoms with Crippen LogP contribution in [0.3, 0.4) is 0 Å². The van der Waals surface area contributed by atoms with Crippen LogP contribution in [0.4, 0.5) is 5.82 Å². The van der Waals surface area contributed by atoms with Gasteiger partial charge in [0.2, 0.25) is 0 Å². The minimum absolute atomic E-state index is 0.236. The number of nitrogens with zero attached hydrogens (tertiary/aromatic N) is 6. The van der Waals surface area contributed by atoms with Gasteiger partial charge in [0, 0.05) is 31.9 Å². The van der Waals surface area contributed by atoms with Gasteiger partial charge >= 0.3 is 0 Å². The van der Waals surface area contributed by atoms with Crippen molar-refractivity contribution in [1.29, 1.82) is 0 Å². The molecule has 0 aliphatic carbocycles. The maximum absolute atomic E-state index is 12.7. The number of rotatable bonds is 9. The number of amides is 1. The fourth-order valence-corrected chi connectivity index (χ4v) is 3.37. The Bertz CT molecular complexity index is 1280. The summed E-state index contributed by atoms with van der Waals surface area (Å²) < 4.78 is 13.9. The van der Waals surface area contributed by atoms with Crippen molar-refractivity contribution in [3.63, 3.8) is 0 Å². The van der Waals surface area contributed by atoms with E-state index >= 15 is 0 Å². The first kappa shape index (κ1) is 22.8. The molecule has 4 rings (SSSR count). The SMILES string of the molecule is COc1ccc(OC)c(-c2cc(C(=O)NCCNc3ccc(-n4ccc(C)n4)nn3)n(C)n2)c1. The van der Waals surface area contributed by atoms with Crippen LogP contribution in [-0.4, -0.2) is 63.0 Å². The smallest absolute Gasteiger partial charge is 0.269 e. The average molecular weight is 463 g/mol. The second kappa shape index (κ2) is 10.0. The highest BCUT2D eigenvalue weighted by Crippen LogP contribution is 2.32. The van der Waals surface area contributed by atoms with E-state index < -0.39 is 0 Å². The number of carbonyl (C=O) groups excluding carboxylic acids is 1. The minimum atomic E-state index is -0.236. The summed E-state index contributed by atoms with van der Waals surface area (Å²) in [4.78, 5) is 12.7. The maximum atomic E-state index is 12.7. The molecule has 0 aliphatic heterocycles. The third-order valence-electron chi connectivity index (χ3n) is 5.12. The van der Waals surface area contributed by atoms with E-state index in [9.17, 15) is 4.79 Å². The van der Waals surface area contributed by atoms with Crippen LogP contribution >= 0.6 is 0 Å². The van der Waals surface area contributed by atoms with Gasteiger partial charge in [-0.2, -0.15) is 10.2 Å². The molecule has 0 spiro atoms. The molecule has 0 fully saturated rings. The number of aromatic nitrogens is 6. The Labute approximate surface area is 196 Å². The molecule has 3 heterocycles. The van der Waals surface area contributed by atoms with Gasteiger partial charge < -0.3 is 20.1 Å². The molecule has 0 saturated heterocycles. The van der Waals surface area contributed by atoms with Crippen LogP contribution in [0.15, 0.2) is 48.7 Å². The molecule has 0 bridgehead atoms. The molecule has 0 aliphatic rings. The molecule has 0 radical (unpaired) electrons. The molecule has 34 heavy (non-hydrogen) atoms. The summed E-state index contributed by atoms with van der Waals surface area (Å²) in [6.07, 6.45) is 1.83. The molecule has 2 N–H and O–H groups in total. The molecule has 1 amide bonds. The number of methoxy groups -OCH3 is 2. The van der Waals surface area contributed by atoms with Crippen molar-refractivity contribution < 1.29 is 14.3 Å². The summed E-state index contributed by atoms with van der Waals surface area (Å²) in [7, 11) is 4.91. The van der Waals surface area contributed by atoms with Crippen LogP contribution < -0.4 is 20.1 Å². The van der Waals surface area contributed by atoms with Gasteiger partial charge in [-0.25, -0.2) is 4.68 Å². The van der Waals surface area contributed by atoms with E-state index in [1.807, 2.05) is 43.5 Å². The molecular weight excluding hydrogens is 436 g/mol. The highest BCUT2D eigenvalue weighted by atomic mass is 16.5. The first-order chi connectivity index (χ1) is 16.5. The van der Waals surface area contributed by atoms with Crippen LogP contribution in [0.1, 0.15) is 16.2 Å². The molecule has 4 aromatic rings. The van der Waals surface area contributed by atoms with Gasteiger partial charge in [-0.05, 0) is 49.4 Å². The van der Waals surface area contributed by atoms with Crippen LogP contribution in [0.2, 0.25) is 0 Å². The normalized spacial score (nSPS) is 10.7. The lowest BCUT2D eigenvalue weighted by Crippen LogP contribution is -2.30. The number of hydrogen-bond donors (Lipinski definition) is 2. The lowest BCUT2D eigenvalue weighted by molar-refractivity contribution is 0.0946. The van der Waals surface area contributed by atoms with Crippen LogP contribution in [0, 0.1) is 6.92 Å². The van der Waals surface area contributed by atoms with Crippen molar-refractivity contribution in [3.8, 4) is 28.6 Å². The number of ether oxygens (including phenoxy) is 2. The van der Waals surface area contributed by atoms with E-state index in [-0.39, 0.29) is 5.91 Å². The van der Waals surface area contributed by atoms with Gasteiger partial charge in [0.1, 0.15) is 23.0 Å². The molecule has 1 aromatic carbocycles. The molecule has 0 atom stereocenters. The van der Waals surface area contributed by atoms with Crippen LogP contribution in [-0.2, 0) is 7.05 Å². The first-order valence-corrected chi connectivity index (χ1v) is 10.6. The van der Waals surface area contributed by atoms with Crippen molar-refractivity contribution in [3.05, 3.63) is 60.0 Å². The lowest BCUT2D eigenvalue weighted by atomic mass is 10.1. The zero-order chi connectivity index (χ0) is 24.1. The summed E-state index contributed by atoms with van der Waals surface area (Å²) in [5.41, 5.74) is 2.69. The highest BCUT2D eigenvalue weighted by Gasteiger charge is 2.17. The maximum Gasteiger partial charge on any atom is 0.269 e. The fraction of sp³-hybridized carbons (Fsp3) is 0.261. The third-order valence-corrected chi connectivity index (χ3v) is 5.12. The molecule has 0 saturated carbocycles. The fourth-order valence-electron chi connectivity index (χ4n) is 3.37. The van der Waals surface area contributed by atoms with Crippen molar-refractivity contribution in [2.24, 2.45) is 7.05 Å². The predicted octanol–water partition coefficient (Wildman–Crippen LogP) is 2.23. The third kappa shape index (κ3) is 4.98. The largest absolute Gasteiger partial charge is 0.497 e. The first-order valence-electron chi connectivity index (χ1n) is 10.6. The molecular formula is C23H26N8O3. The van der Waals surface area contributed by atoms with Gasteiger partial charge in [-0.3, -0.25) is 9.48 Å². The Morgan fingerprint density at radius 1 is 1.00 bits per heavy atom. The minimum Gasteiger partial charge on any atom is -0.497 e. The predicted molar refractivity (Wildman–Crippen MR) is 126 cm³/mol. The molecule has 11 heteroatoms. The van der Waals surface area contributed by atoms with Gasteiger partial charge in [-0.1, -0.05) is 0 Å². The number of aryl methyl sites for hydroxylation is 2. The zero-order valence-corrected chi connectivity index (χ0v) is 19.4. The van der Waals surface area contributed by atoms with Gasteiger partial charge in [0.05, 0.1) is 25.6 Å². The summed E-state index contributed by atoms with van der Waals surface area (Å²) in [6, 6.07) is 12.7. The Morgan fingerprint density at radius 3 is 2.53 bits per heavy atom. The lowest BCUT2D eigenvalue weighted by Gasteiger charge is -2.08. The topological polar surface area (TPSA) is 121 Å². The summed E-state index contributed by atoms with van der Waals surface area (Å²) in [6.45, 7) is 2.79. The van der Waals surface area contributed by atoms with Gasteiger partial charge in [0.25, 0.3) is 5.91 Å². The van der Waals surface area contributed by atoms with Crippen molar-refractivity contribution >= 4 is 11.7 Å². The Balaban J connectivity index is 1.34. The Morgan fingerprint density at radius 2 is 1.85 bits per heavy atom.